The lowest BCUT2D eigenvalue weighted by Crippen LogP contribution is -2.55. The molecule has 0 N–H and O–H groups in total. The molecule has 7 rings (SSSR count). The van der Waals surface area contributed by atoms with Crippen molar-refractivity contribution in [2.24, 2.45) is 0 Å². The van der Waals surface area contributed by atoms with Crippen molar-refractivity contribution in [1.82, 2.24) is 13.7 Å². The average Bonchev–Trinajstić information content (AvgIpc) is 0.761. The molecule has 528 valence electrons. The van der Waals surface area contributed by atoms with E-state index in [1.54, 1.807) is 20.8 Å². The smallest absolute Gasteiger partial charge is 0.338 e. The molecular formula is C84H105N3O12. The molecule has 6 aromatic carbocycles. The van der Waals surface area contributed by atoms with Crippen molar-refractivity contribution < 1.29 is 42.8 Å². The number of rotatable bonds is 18. The van der Waals surface area contributed by atoms with Crippen LogP contribution >= 0.6 is 0 Å². The van der Waals surface area contributed by atoms with E-state index in [2.05, 4.69) is 144 Å². The third kappa shape index (κ3) is 17.6. The quantitative estimate of drug-likeness (QED) is 0.0453. The Bertz CT molecular complexity index is 3960. The lowest BCUT2D eigenvalue weighted by atomic mass is 9.78. The maximum Gasteiger partial charge on any atom is 0.338 e. The van der Waals surface area contributed by atoms with Crippen LogP contribution in [-0.2, 0) is 66.5 Å². The molecule has 0 aliphatic heterocycles. The average molecular weight is 1350 g/mol. The second kappa shape index (κ2) is 28.2. The number of carbonyl (C=O) groups is 3. The maximum absolute atomic E-state index is 15.8. The van der Waals surface area contributed by atoms with Crippen LogP contribution in [0.1, 0.15) is 229 Å². The van der Waals surface area contributed by atoms with Gasteiger partial charge in [0.2, 0.25) is 0 Å². The van der Waals surface area contributed by atoms with Crippen molar-refractivity contribution in [3.05, 3.63) is 224 Å². The Morgan fingerprint density at radius 3 is 0.606 bits per heavy atom. The SMILES string of the molecule is C=C(C)C(=O)Oc1c(C)cc(Oc2c(C(C)(C)C)cc(Cn3c(=O)n(Cc4cc(C(C)(C)C)c(Oc5cc(C)c(OC(=O)C(=C)C)c(C)c5)c(C(C)(C)C)c4)c(=O)n(Cc4cc(C(C)(C)C)c(Oc5cc(C)c(OC(=O)C(=C)C)c(C)c5)c(C(C)(C)C)c4)c3=O)cc2C(C)(C)C)cc1C. The van der Waals surface area contributed by atoms with Crippen molar-refractivity contribution in [1.29, 1.82) is 0 Å². The molecule has 15 heteroatoms. The molecule has 0 fully saturated rings. The van der Waals surface area contributed by atoms with E-state index in [1.807, 2.05) is 114 Å². The van der Waals surface area contributed by atoms with E-state index in [0.717, 1.165) is 47.1 Å². The van der Waals surface area contributed by atoms with Gasteiger partial charge in [-0.3, -0.25) is 0 Å². The third-order valence-electron chi connectivity index (χ3n) is 17.3. The van der Waals surface area contributed by atoms with Gasteiger partial charge in [-0.25, -0.2) is 42.5 Å². The van der Waals surface area contributed by atoms with Gasteiger partial charge in [-0.05, 0) is 218 Å². The summed E-state index contributed by atoms with van der Waals surface area (Å²) in [5.74, 6) is 3.05. The standard InChI is InChI=1S/C84H105N3O12/c1-46(2)73(88)97-67-49(7)31-58(32-50(67)8)94-70-61(79(13,14)15)37-55(38-62(70)80(16,17)18)43-85-76(91)86(44-56-39-63(81(19,20)21)71(64(40-56)82(22,23)24)95-59-33-51(9)68(52(10)34-59)98-74(89)47(3)4)78(93)87(77(85)92)45-57-41-65(83(25,26)27)72(66(42-57)84(28,29)30)96-60-35-53(11)69(54(12)36-60)99-75(90)48(5)6/h31-42H,1,3,5,43-45H2,2,4,6-30H3. The molecule has 1 aromatic heterocycles. The van der Waals surface area contributed by atoms with Crippen LogP contribution < -0.4 is 45.5 Å². The van der Waals surface area contributed by atoms with Gasteiger partial charge in [-0.15, -0.1) is 0 Å². The van der Waals surface area contributed by atoms with Crippen LogP contribution in [0.25, 0.3) is 0 Å². The van der Waals surface area contributed by atoms with E-state index in [1.165, 1.54) is 0 Å². The molecule has 0 unspecified atom stereocenters. The topological polar surface area (TPSA) is 173 Å². The Morgan fingerprint density at radius 2 is 0.465 bits per heavy atom. The van der Waals surface area contributed by atoms with Gasteiger partial charge in [0.1, 0.15) is 51.7 Å². The molecule has 0 atom stereocenters. The van der Waals surface area contributed by atoms with Crippen LogP contribution in [0.15, 0.2) is 124 Å². The van der Waals surface area contributed by atoms with Crippen LogP contribution in [0.3, 0.4) is 0 Å². The molecule has 0 saturated carbocycles. The molecule has 1 heterocycles. The van der Waals surface area contributed by atoms with Gasteiger partial charge in [-0.2, -0.15) is 0 Å². The molecule has 0 bridgehead atoms. The summed E-state index contributed by atoms with van der Waals surface area (Å²) in [5, 5.41) is 0. The van der Waals surface area contributed by atoms with Gasteiger partial charge < -0.3 is 28.4 Å². The normalized spacial score (nSPS) is 12.3. The first-order valence-electron chi connectivity index (χ1n) is 33.8. The van der Waals surface area contributed by atoms with Gasteiger partial charge in [0.25, 0.3) is 0 Å². The molecule has 0 radical (unpaired) electrons. The predicted molar refractivity (Wildman–Crippen MR) is 397 cm³/mol. The van der Waals surface area contributed by atoms with E-state index in [9.17, 15) is 14.4 Å². The Hall–Kier alpha value is -9.24. The Morgan fingerprint density at radius 1 is 0.303 bits per heavy atom. The highest BCUT2D eigenvalue weighted by atomic mass is 16.5. The molecule has 7 aromatic rings. The van der Waals surface area contributed by atoms with Crippen LogP contribution in [0, 0.1) is 41.5 Å². The highest BCUT2D eigenvalue weighted by Gasteiger charge is 2.34. The van der Waals surface area contributed by atoms with Crippen LogP contribution in [0.5, 0.6) is 51.7 Å². The monoisotopic (exact) mass is 1350 g/mol. The zero-order chi connectivity index (χ0) is 74.6. The summed E-state index contributed by atoms with van der Waals surface area (Å²) in [6.07, 6.45) is 0. The number of esters is 3. The minimum atomic E-state index is -0.802. The molecule has 0 saturated heterocycles. The Labute approximate surface area is 586 Å². The first-order chi connectivity index (χ1) is 45.3. The van der Waals surface area contributed by atoms with E-state index in [0.29, 0.717) is 102 Å². The number of hydrogen-bond acceptors (Lipinski definition) is 12. The van der Waals surface area contributed by atoms with Gasteiger partial charge in [-0.1, -0.05) is 144 Å². The van der Waals surface area contributed by atoms with Crippen molar-refractivity contribution >= 4 is 17.9 Å². The lowest BCUT2D eigenvalue weighted by Gasteiger charge is -2.31. The summed E-state index contributed by atoms with van der Waals surface area (Å²) in [6.45, 7) is 63.9. The minimum absolute atomic E-state index is 0.222. The van der Waals surface area contributed by atoms with Gasteiger partial charge in [0, 0.05) is 50.1 Å². The molecule has 0 aliphatic carbocycles. The molecular weight excluding hydrogens is 1240 g/mol. The third-order valence-corrected chi connectivity index (χ3v) is 17.3. The van der Waals surface area contributed by atoms with Crippen molar-refractivity contribution in [2.75, 3.05) is 0 Å². The van der Waals surface area contributed by atoms with E-state index in [4.69, 9.17) is 28.4 Å². The van der Waals surface area contributed by atoms with Gasteiger partial charge in [0.15, 0.2) is 0 Å². The largest absolute Gasteiger partial charge is 0.457 e. The zero-order valence-corrected chi connectivity index (χ0v) is 63.9. The summed E-state index contributed by atoms with van der Waals surface area (Å²) >= 11 is 0. The number of aromatic nitrogens is 3. The number of benzene rings is 6. The van der Waals surface area contributed by atoms with Crippen molar-refractivity contribution in [3.63, 3.8) is 0 Å². The number of aryl methyl sites for hydroxylation is 6. The van der Waals surface area contributed by atoms with Gasteiger partial charge in [0.05, 0.1) is 19.6 Å². The number of carbonyl (C=O) groups excluding carboxylic acids is 3. The fourth-order valence-electron chi connectivity index (χ4n) is 11.9. The molecule has 0 spiro atoms. The van der Waals surface area contributed by atoms with E-state index in [-0.39, 0.29) is 36.4 Å². The van der Waals surface area contributed by atoms with Crippen LogP contribution in [-0.4, -0.2) is 31.6 Å². The Kier molecular flexibility index (Phi) is 21.9. The molecule has 15 nitrogen and oxygen atoms in total. The van der Waals surface area contributed by atoms with Gasteiger partial charge >= 0.3 is 35.0 Å². The summed E-state index contributed by atoms with van der Waals surface area (Å²) < 4.78 is 41.7. The number of nitrogens with zero attached hydrogens (tertiary/aromatic N) is 3. The van der Waals surface area contributed by atoms with E-state index >= 15 is 14.4 Å². The number of ether oxygens (including phenoxy) is 6. The lowest BCUT2D eigenvalue weighted by molar-refractivity contribution is -0.131. The molecule has 0 aliphatic rings. The van der Waals surface area contributed by atoms with Crippen LogP contribution in [0.2, 0.25) is 0 Å². The summed E-state index contributed by atoms with van der Waals surface area (Å²) in [4.78, 5) is 85.6. The zero-order valence-electron chi connectivity index (χ0n) is 63.9. The first kappa shape index (κ1) is 77.1. The highest BCUT2D eigenvalue weighted by Crippen LogP contribution is 2.48. The van der Waals surface area contributed by atoms with E-state index < -0.39 is 67.5 Å². The number of hydrogen-bond donors (Lipinski definition) is 0. The maximum atomic E-state index is 15.8. The fourth-order valence-corrected chi connectivity index (χ4v) is 11.9. The predicted octanol–water partition coefficient (Wildman–Crippen LogP) is 18.8. The van der Waals surface area contributed by atoms with Crippen molar-refractivity contribution in [2.45, 2.75) is 239 Å². The summed E-state index contributed by atoms with van der Waals surface area (Å²) in [6, 6.07) is 22.8. The van der Waals surface area contributed by atoms with Crippen molar-refractivity contribution in [3.8, 4) is 51.7 Å². The second-order valence-corrected chi connectivity index (χ2v) is 33.1. The fraction of sp³-hybridized carbons (Fsp3) is 0.429. The molecule has 0 amide bonds. The summed E-state index contributed by atoms with van der Waals surface area (Å²) in [5.41, 5.74) is 5.88. The minimum Gasteiger partial charge on any atom is -0.457 e. The van der Waals surface area contributed by atoms with Crippen LogP contribution in [0.4, 0.5) is 0 Å². The Balaban J connectivity index is 1.49. The molecule has 99 heavy (non-hydrogen) atoms. The highest BCUT2D eigenvalue weighted by molar-refractivity contribution is 5.90. The summed E-state index contributed by atoms with van der Waals surface area (Å²) in [7, 11) is 0. The first-order valence-corrected chi connectivity index (χ1v) is 33.8. The second-order valence-electron chi connectivity index (χ2n) is 33.1.